The van der Waals surface area contributed by atoms with Crippen LogP contribution in [0.4, 0.5) is 5.69 Å². The van der Waals surface area contributed by atoms with Crippen LogP contribution in [0.2, 0.25) is 0 Å². The number of nitrogens with one attached hydrogen (secondary N) is 1. The molecule has 1 rings (SSSR count). The van der Waals surface area contributed by atoms with Gasteiger partial charge in [-0.1, -0.05) is 6.07 Å². The van der Waals surface area contributed by atoms with Crippen LogP contribution in [0.5, 0.6) is 5.75 Å². The normalized spacial score (nSPS) is 10.5. The van der Waals surface area contributed by atoms with Gasteiger partial charge in [0.25, 0.3) is 5.91 Å². The molecule has 3 N–H and O–H groups in total. The molecule has 1 aromatic rings. The summed E-state index contributed by atoms with van der Waals surface area (Å²) in [5.41, 5.74) is 6.22. The molecule has 0 fully saturated rings. The highest BCUT2D eigenvalue weighted by molar-refractivity contribution is 5.77. The Balaban J connectivity index is 2.11. The van der Waals surface area contributed by atoms with Crippen LogP contribution < -0.4 is 15.8 Å². The van der Waals surface area contributed by atoms with Crippen molar-refractivity contribution >= 4 is 11.6 Å². The SMILES string of the molecule is CC(C)OCCCNC(=O)COc1cccc(N)c1. The van der Waals surface area contributed by atoms with Crippen molar-refractivity contribution < 1.29 is 14.3 Å². The van der Waals surface area contributed by atoms with Gasteiger partial charge in [-0.05, 0) is 32.4 Å². The standard InChI is InChI=1S/C14H22N2O3/c1-11(2)18-8-4-7-16-14(17)10-19-13-6-3-5-12(15)9-13/h3,5-6,9,11H,4,7-8,10,15H2,1-2H3,(H,16,17). The number of nitrogens with two attached hydrogens (primary N) is 1. The highest BCUT2D eigenvalue weighted by Gasteiger charge is 2.02. The van der Waals surface area contributed by atoms with Gasteiger partial charge in [-0.3, -0.25) is 4.79 Å². The molecule has 0 aliphatic carbocycles. The zero-order valence-electron chi connectivity index (χ0n) is 11.5. The summed E-state index contributed by atoms with van der Waals surface area (Å²) in [7, 11) is 0. The summed E-state index contributed by atoms with van der Waals surface area (Å²) in [5, 5.41) is 2.77. The molecule has 1 aromatic carbocycles. The zero-order valence-corrected chi connectivity index (χ0v) is 11.5. The number of anilines is 1. The fourth-order valence-corrected chi connectivity index (χ4v) is 1.42. The lowest BCUT2D eigenvalue weighted by Gasteiger charge is -2.09. The topological polar surface area (TPSA) is 73.6 Å². The third kappa shape index (κ3) is 7.31. The summed E-state index contributed by atoms with van der Waals surface area (Å²) in [5.74, 6) is 0.449. The number of hydrogen-bond donors (Lipinski definition) is 2. The van der Waals surface area contributed by atoms with E-state index >= 15 is 0 Å². The predicted octanol–water partition coefficient (Wildman–Crippen LogP) is 1.58. The summed E-state index contributed by atoms with van der Waals surface area (Å²) in [6.07, 6.45) is 1.02. The van der Waals surface area contributed by atoms with Crippen molar-refractivity contribution in [3.63, 3.8) is 0 Å². The maximum absolute atomic E-state index is 11.5. The molecule has 0 aliphatic rings. The predicted molar refractivity (Wildman–Crippen MR) is 75.1 cm³/mol. The van der Waals surface area contributed by atoms with Gasteiger partial charge in [0.1, 0.15) is 5.75 Å². The molecule has 0 bridgehead atoms. The van der Waals surface area contributed by atoms with Gasteiger partial charge >= 0.3 is 0 Å². The van der Waals surface area contributed by atoms with Crippen LogP contribution in [0, 0.1) is 0 Å². The van der Waals surface area contributed by atoms with Crippen molar-refractivity contribution in [3.05, 3.63) is 24.3 Å². The van der Waals surface area contributed by atoms with E-state index in [0.717, 1.165) is 6.42 Å². The molecule has 0 saturated heterocycles. The first-order chi connectivity index (χ1) is 9.08. The van der Waals surface area contributed by atoms with Gasteiger partial charge in [0.2, 0.25) is 0 Å². The zero-order chi connectivity index (χ0) is 14.1. The van der Waals surface area contributed by atoms with E-state index in [9.17, 15) is 4.79 Å². The van der Waals surface area contributed by atoms with Crippen molar-refractivity contribution in [1.82, 2.24) is 5.32 Å². The van der Waals surface area contributed by atoms with Crippen LogP contribution in [-0.2, 0) is 9.53 Å². The third-order valence-electron chi connectivity index (χ3n) is 2.32. The molecule has 5 nitrogen and oxygen atoms in total. The molecule has 0 aliphatic heterocycles. The smallest absolute Gasteiger partial charge is 0.257 e. The number of rotatable bonds is 8. The highest BCUT2D eigenvalue weighted by atomic mass is 16.5. The lowest BCUT2D eigenvalue weighted by atomic mass is 10.3. The molecular formula is C14H22N2O3. The Kier molecular flexibility index (Phi) is 6.74. The summed E-state index contributed by atoms with van der Waals surface area (Å²) in [4.78, 5) is 11.5. The van der Waals surface area contributed by atoms with E-state index in [4.69, 9.17) is 15.2 Å². The fourth-order valence-electron chi connectivity index (χ4n) is 1.42. The first-order valence-electron chi connectivity index (χ1n) is 6.44. The number of nitrogen functional groups attached to an aromatic ring is 1. The Labute approximate surface area is 114 Å². The highest BCUT2D eigenvalue weighted by Crippen LogP contribution is 2.13. The van der Waals surface area contributed by atoms with Gasteiger partial charge < -0.3 is 20.5 Å². The first kappa shape index (κ1) is 15.3. The molecule has 0 saturated carbocycles. The van der Waals surface area contributed by atoms with Crippen LogP contribution in [0.1, 0.15) is 20.3 Å². The molecule has 0 spiro atoms. The van der Waals surface area contributed by atoms with E-state index in [2.05, 4.69) is 5.32 Å². The molecule has 5 heteroatoms. The molecule has 0 atom stereocenters. The Bertz CT molecular complexity index is 394. The second-order valence-electron chi connectivity index (χ2n) is 4.48. The second kappa shape index (κ2) is 8.37. The number of carbonyl (C=O) groups excluding carboxylic acids is 1. The monoisotopic (exact) mass is 266 g/mol. The van der Waals surface area contributed by atoms with Crippen molar-refractivity contribution in [2.24, 2.45) is 0 Å². The Morgan fingerprint density at radius 3 is 2.89 bits per heavy atom. The molecule has 0 aromatic heterocycles. The number of hydrogen-bond acceptors (Lipinski definition) is 4. The minimum absolute atomic E-state index is 0.00547. The average Bonchev–Trinajstić information content (AvgIpc) is 2.35. The van der Waals surface area contributed by atoms with Crippen LogP contribution >= 0.6 is 0 Å². The molecule has 106 valence electrons. The minimum atomic E-state index is -0.146. The van der Waals surface area contributed by atoms with Gasteiger partial charge in [0, 0.05) is 24.9 Å². The van der Waals surface area contributed by atoms with Crippen molar-refractivity contribution in [3.8, 4) is 5.75 Å². The molecule has 0 radical (unpaired) electrons. The minimum Gasteiger partial charge on any atom is -0.484 e. The van der Waals surface area contributed by atoms with Gasteiger partial charge in [0.15, 0.2) is 6.61 Å². The Morgan fingerprint density at radius 1 is 1.42 bits per heavy atom. The first-order valence-corrected chi connectivity index (χ1v) is 6.44. The lowest BCUT2D eigenvalue weighted by molar-refractivity contribution is -0.123. The number of ether oxygens (including phenoxy) is 2. The van der Waals surface area contributed by atoms with E-state index in [1.165, 1.54) is 0 Å². The van der Waals surface area contributed by atoms with Gasteiger partial charge in [0.05, 0.1) is 6.10 Å². The van der Waals surface area contributed by atoms with Crippen LogP contribution in [0.25, 0.3) is 0 Å². The van der Waals surface area contributed by atoms with Crippen LogP contribution in [-0.4, -0.2) is 31.8 Å². The van der Waals surface area contributed by atoms with Crippen LogP contribution in [0.15, 0.2) is 24.3 Å². The quantitative estimate of drug-likeness (QED) is 0.553. The maximum Gasteiger partial charge on any atom is 0.257 e. The largest absolute Gasteiger partial charge is 0.484 e. The molecular weight excluding hydrogens is 244 g/mol. The third-order valence-corrected chi connectivity index (χ3v) is 2.32. The van der Waals surface area contributed by atoms with Gasteiger partial charge in [-0.15, -0.1) is 0 Å². The summed E-state index contributed by atoms with van der Waals surface area (Å²) in [6, 6.07) is 7.00. The molecule has 1 amide bonds. The average molecular weight is 266 g/mol. The van der Waals surface area contributed by atoms with E-state index < -0.39 is 0 Å². The Morgan fingerprint density at radius 2 is 2.21 bits per heavy atom. The summed E-state index contributed by atoms with van der Waals surface area (Å²) < 4.78 is 10.7. The van der Waals surface area contributed by atoms with Crippen LogP contribution in [0.3, 0.4) is 0 Å². The Hall–Kier alpha value is -1.75. The van der Waals surface area contributed by atoms with Gasteiger partial charge in [-0.25, -0.2) is 0 Å². The number of benzene rings is 1. The number of carbonyl (C=O) groups is 1. The number of amides is 1. The molecule has 0 unspecified atom stereocenters. The fraction of sp³-hybridized carbons (Fsp3) is 0.500. The van der Waals surface area contributed by atoms with Crippen molar-refractivity contribution in [1.29, 1.82) is 0 Å². The van der Waals surface area contributed by atoms with E-state index in [1.54, 1.807) is 24.3 Å². The van der Waals surface area contributed by atoms with E-state index in [1.807, 2.05) is 13.8 Å². The maximum atomic E-state index is 11.5. The molecule has 0 heterocycles. The van der Waals surface area contributed by atoms with Crippen molar-refractivity contribution in [2.75, 3.05) is 25.5 Å². The van der Waals surface area contributed by atoms with Gasteiger partial charge in [-0.2, -0.15) is 0 Å². The van der Waals surface area contributed by atoms with E-state index in [0.29, 0.717) is 24.6 Å². The molecule has 19 heavy (non-hydrogen) atoms. The van der Waals surface area contributed by atoms with Crippen molar-refractivity contribution in [2.45, 2.75) is 26.4 Å². The second-order valence-corrected chi connectivity index (χ2v) is 4.48. The lowest BCUT2D eigenvalue weighted by Crippen LogP contribution is -2.30. The summed E-state index contributed by atoms with van der Waals surface area (Å²) in [6.45, 7) is 5.20. The van der Waals surface area contributed by atoms with E-state index in [-0.39, 0.29) is 18.6 Å². The summed E-state index contributed by atoms with van der Waals surface area (Å²) >= 11 is 0.